The van der Waals surface area contributed by atoms with E-state index in [-0.39, 0.29) is 5.54 Å². The second-order valence-electron chi connectivity index (χ2n) is 5.51. The first kappa shape index (κ1) is 15.1. The molecule has 1 aromatic carbocycles. The zero-order valence-corrected chi connectivity index (χ0v) is 12.6. The van der Waals surface area contributed by atoms with Crippen molar-refractivity contribution in [3.05, 3.63) is 33.8 Å². The van der Waals surface area contributed by atoms with Gasteiger partial charge in [-0.15, -0.1) is 0 Å². The van der Waals surface area contributed by atoms with Gasteiger partial charge in [-0.1, -0.05) is 55.0 Å². The molecule has 19 heavy (non-hydrogen) atoms. The van der Waals surface area contributed by atoms with E-state index in [1.807, 2.05) is 12.1 Å². The van der Waals surface area contributed by atoms with Gasteiger partial charge in [0.2, 0.25) is 0 Å². The fraction of sp³-hybridized carbons (Fsp3) is 0.600. The highest BCUT2D eigenvalue weighted by Crippen LogP contribution is 2.26. The summed E-state index contributed by atoms with van der Waals surface area (Å²) in [5.74, 6) is 0. The molecule has 106 valence electrons. The van der Waals surface area contributed by atoms with Crippen LogP contribution in [0.1, 0.15) is 44.1 Å². The van der Waals surface area contributed by atoms with Crippen LogP contribution >= 0.6 is 23.2 Å². The lowest BCUT2D eigenvalue weighted by atomic mass is 9.93. The van der Waals surface area contributed by atoms with Gasteiger partial charge in [-0.25, -0.2) is 0 Å². The molecule has 1 saturated carbocycles. The highest BCUT2D eigenvalue weighted by Gasteiger charge is 2.26. The van der Waals surface area contributed by atoms with Gasteiger partial charge < -0.3 is 10.5 Å². The molecule has 0 bridgehead atoms. The summed E-state index contributed by atoms with van der Waals surface area (Å²) in [5, 5.41) is 1.30. The largest absolute Gasteiger partial charge is 0.375 e. The van der Waals surface area contributed by atoms with Gasteiger partial charge in [0.1, 0.15) is 0 Å². The van der Waals surface area contributed by atoms with E-state index in [0.717, 1.165) is 18.4 Å². The van der Waals surface area contributed by atoms with Crippen molar-refractivity contribution >= 4 is 23.2 Å². The number of hydrogen-bond donors (Lipinski definition) is 1. The molecule has 1 aliphatic carbocycles. The van der Waals surface area contributed by atoms with Crippen molar-refractivity contribution in [2.45, 2.75) is 50.7 Å². The minimum Gasteiger partial charge on any atom is -0.375 e. The molecular formula is C15H21Cl2NO. The topological polar surface area (TPSA) is 35.2 Å². The lowest BCUT2D eigenvalue weighted by Crippen LogP contribution is -2.43. The van der Waals surface area contributed by atoms with E-state index < -0.39 is 0 Å². The van der Waals surface area contributed by atoms with E-state index in [2.05, 4.69) is 0 Å². The summed E-state index contributed by atoms with van der Waals surface area (Å²) < 4.78 is 5.79. The second kappa shape index (κ2) is 6.94. The van der Waals surface area contributed by atoms with Gasteiger partial charge in [0.05, 0.1) is 13.2 Å². The van der Waals surface area contributed by atoms with Gasteiger partial charge >= 0.3 is 0 Å². The summed E-state index contributed by atoms with van der Waals surface area (Å²) in [6, 6.07) is 5.47. The third kappa shape index (κ3) is 4.64. The summed E-state index contributed by atoms with van der Waals surface area (Å²) in [6.45, 7) is 1.10. The Labute approximate surface area is 125 Å². The summed E-state index contributed by atoms with van der Waals surface area (Å²) in [7, 11) is 0. The minimum atomic E-state index is -0.157. The van der Waals surface area contributed by atoms with Crippen LogP contribution in [0.5, 0.6) is 0 Å². The lowest BCUT2D eigenvalue weighted by molar-refractivity contribution is 0.0668. The lowest BCUT2D eigenvalue weighted by Gasteiger charge is -2.27. The average Bonchev–Trinajstić information content (AvgIpc) is 2.57. The van der Waals surface area contributed by atoms with Gasteiger partial charge in [0.15, 0.2) is 0 Å². The predicted octanol–water partition coefficient (Wildman–Crippen LogP) is 4.56. The van der Waals surface area contributed by atoms with Crippen molar-refractivity contribution in [3.8, 4) is 0 Å². The van der Waals surface area contributed by atoms with Gasteiger partial charge in [0.25, 0.3) is 0 Å². The van der Waals surface area contributed by atoms with Crippen LogP contribution in [-0.4, -0.2) is 12.1 Å². The number of nitrogens with two attached hydrogens (primary N) is 1. The third-order valence-electron chi connectivity index (χ3n) is 3.76. The Kier molecular flexibility index (Phi) is 5.52. The van der Waals surface area contributed by atoms with Crippen molar-refractivity contribution in [1.29, 1.82) is 0 Å². The highest BCUT2D eigenvalue weighted by atomic mass is 35.5. The molecule has 0 radical (unpaired) electrons. The Morgan fingerprint density at radius 3 is 2.42 bits per heavy atom. The molecule has 1 aromatic rings. The Hall–Kier alpha value is -0.280. The van der Waals surface area contributed by atoms with E-state index >= 15 is 0 Å². The molecule has 0 spiro atoms. The van der Waals surface area contributed by atoms with Crippen molar-refractivity contribution in [1.82, 2.24) is 0 Å². The smallest absolute Gasteiger partial charge is 0.0732 e. The van der Waals surface area contributed by atoms with Crippen molar-refractivity contribution < 1.29 is 4.74 Å². The first-order valence-electron chi connectivity index (χ1n) is 6.90. The van der Waals surface area contributed by atoms with Crippen LogP contribution in [0.15, 0.2) is 18.2 Å². The second-order valence-corrected chi connectivity index (χ2v) is 6.35. The van der Waals surface area contributed by atoms with Crippen LogP contribution in [0.3, 0.4) is 0 Å². The van der Waals surface area contributed by atoms with E-state index in [1.165, 1.54) is 25.7 Å². The molecule has 0 saturated heterocycles. The molecule has 2 N–H and O–H groups in total. The zero-order valence-electron chi connectivity index (χ0n) is 11.1. The molecule has 0 aromatic heterocycles. The quantitative estimate of drug-likeness (QED) is 0.827. The van der Waals surface area contributed by atoms with Crippen LogP contribution in [0.25, 0.3) is 0 Å². The molecule has 0 amide bonds. The number of benzene rings is 1. The maximum Gasteiger partial charge on any atom is 0.0732 e. The first-order valence-corrected chi connectivity index (χ1v) is 7.65. The monoisotopic (exact) mass is 301 g/mol. The van der Waals surface area contributed by atoms with E-state index in [9.17, 15) is 0 Å². The standard InChI is InChI=1S/C15H21Cl2NO/c16-13-6-5-12(14(17)9-13)10-19-11-15(18)7-3-1-2-4-8-15/h5-6,9H,1-4,7-8,10-11,18H2. The minimum absolute atomic E-state index is 0.157. The van der Waals surface area contributed by atoms with Crippen LogP contribution in [0.2, 0.25) is 10.0 Å². The molecule has 1 fully saturated rings. The van der Waals surface area contributed by atoms with E-state index in [1.54, 1.807) is 6.07 Å². The molecular weight excluding hydrogens is 281 g/mol. The van der Waals surface area contributed by atoms with Crippen LogP contribution in [0.4, 0.5) is 0 Å². The SMILES string of the molecule is NC1(COCc2ccc(Cl)cc2Cl)CCCCCC1. The summed E-state index contributed by atoms with van der Waals surface area (Å²) in [5.41, 5.74) is 7.21. The van der Waals surface area contributed by atoms with Gasteiger partial charge in [-0.05, 0) is 30.5 Å². The molecule has 2 rings (SSSR count). The number of rotatable bonds is 4. The Bertz CT molecular complexity index is 415. The molecule has 0 aliphatic heterocycles. The Balaban J connectivity index is 1.85. The number of ether oxygens (including phenoxy) is 1. The summed E-state index contributed by atoms with van der Waals surface area (Å²) in [4.78, 5) is 0. The molecule has 2 nitrogen and oxygen atoms in total. The van der Waals surface area contributed by atoms with Crippen LogP contribution in [0, 0.1) is 0 Å². The predicted molar refractivity (Wildman–Crippen MR) is 80.7 cm³/mol. The van der Waals surface area contributed by atoms with Crippen LogP contribution < -0.4 is 5.73 Å². The van der Waals surface area contributed by atoms with Crippen molar-refractivity contribution in [3.63, 3.8) is 0 Å². The van der Waals surface area contributed by atoms with Gasteiger partial charge in [0, 0.05) is 15.6 Å². The number of hydrogen-bond acceptors (Lipinski definition) is 2. The highest BCUT2D eigenvalue weighted by molar-refractivity contribution is 6.35. The number of halogens is 2. The summed E-state index contributed by atoms with van der Waals surface area (Å²) >= 11 is 12.0. The maximum atomic E-state index is 6.41. The van der Waals surface area contributed by atoms with Gasteiger partial charge in [-0.2, -0.15) is 0 Å². The third-order valence-corrected chi connectivity index (χ3v) is 4.35. The fourth-order valence-electron chi connectivity index (χ4n) is 2.58. The van der Waals surface area contributed by atoms with Crippen molar-refractivity contribution in [2.24, 2.45) is 5.73 Å². The average molecular weight is 302 g/mol. The van der Waals surface area contributed by atoms with E-state index in [0.29, 0.717) is 23.3 Å². The molecule has 0 heterocycles. The first-order chi connectivity index (χ1) is 9.09. The Morgan fingerprint density at radius 1 is 1.11 bits per heavy atom. The maximum absolute atomic E-state index is 6.41. The Morgan fingerprint density at radius 2 is 1.79 bits per heavy atom. The van der Waals surface area contributed by atoms with Crippen molar-refractivity contribution in [2.75, 3.05) is 6.61 Å². The molecule has 1 aliphatic rings. The molecule has 0 unspecified atom stereocenters. The van der Waals surface area contributed by atoms with E-state index in [4.69, 9.17) is 33.7 Å². The normalized spacial score (nSPS) is 19.1. The fourth-order valence-corrected chi connectivity index (χ4v) is 3.04. The molecule has 4 heteroatoms. The van der Waals surface area contributed by atoms with Crippen LogP contribution in [-0.2, 0) is 11.3 Å². The zero-order chi connectivity index (χ0) is 13.7. The van der Waals surface area contributed by atoms with Gasteiger partial charge in [-0.3, -0.25) is 0 Å². The summed E-state index contributed by atoms with van der Waals surface area (Å²) in [6.07, 6.45) is 7.12. The molecule has 0 atom stereocenters.